The number of rotatable bonds is 8. The summed E-state index contributed by atoms with van der Waals surface area (Å²) in [4.78, 5) is 25.1. The third-order valence-corrected chi connectivity index (χ3v) is 2.69. The zero-order chi connectivity index (χ0) is 14.8. The number of esters is 1. The largest absolute Gasteiger partial charge is 0.466 e. The van der Waals surface area contributed by atoms with Crippen LogP contribution in [0, 0.1) is 0 Å². The fraction of sp³-hybridized carbons (Fsp3) is 0.714. The Hall–Kier alpha value is -1.36. The van der Waals surface area contributed by atoms with Gasteiger partial charge >= 0.3 is 5.97 Å². The summed E-state index contributed by atoms with van der Waals surface area (Å²) in [5, 5.41) is 2.85. The first-order valence-corrected chi connectivity index (χ1v) is 6.73. The van der Waals surface area contributed by atoms with Crippen LogP contribution in [0.3, 0.4) is 0 Å². The highest BCUT2D eigenvalue weighted by Crippen LogP contribution is 2.03. The second-order valence-corrected chi connectivity index (χ2v) is 4.62. The molecular weight excluding hydrogens is 244 g/mol. The highest BCUT2D eigenvalue weighted by Gasteiger charge is 2.11. The van der Waals surface area contributed by atoms with Crippen LogP contribution in [0.2, 0.25) is 0 Å². The first-order valence-electron chi connectivity index (χ1n) is 6.73. The van der Waals surface area contributed by atoms with Crippen molar-refractivity contribution in [2.75, 3.05) is 26.7 Å². The van der Waals surface area contributed by atoms with Crippen LogP contribution in [-0.2, 0) is 14.3 Å². The molecule has 0 aliphatic heterocycles. The van der Waals surface area contributed by atoms with Crippen LogP contribution in [0.15, 0.2) is 11.6 Å². The van der Waals surface area contributed by atoms with Gasteiger partial charge in [-0.3, -0.25) is 9.69 Å². The molecule has 0 spiro atoms. The van der Waals surface area contributed by atoms with Crippen molar-refractivity contribution < 1.29 is 14.3 Å². The Bertz CT molecular complexity index is 325. The average Bonchev–Trinajstić information content (AvgIpc) is 2.36. The molecule has 0 heterocycles. The number of hydrogen-bond acceptors (Lipinski definition) is 4. The lowest BCUT2D eigenvalue weighted by molar-refractivity contribution is -0.136. The van der Waals surface area contributed by atoms with Gasteiger partial charge in [-0.15, -0.1) is 0 Å². The van der Waals surface area contributed by atoms with E-state index in [0.717, 1.165) is 6.54 Å². The van der Waals surface area contributed by atoms with Crippen molar-refractivity contribution in [3.63, 3.8) is 0 Å². The molecule has 5 heteroatoms. The van der Waals surface area contributed by atoms with Gasteiger partial charge in [-0.1, -0.05) is 19.9 Å². The molecule has 0 aromatic heterocycles. The van der Waals surface area contributed by atoms with Crippen molar-refractivity contribution in [1.29, 1.82) is 0 Å². The molecule has 0 aliphatic rings. The van der Waals surface area contributed by atoms with Crippen molar-refractivity contribution in [3.05, 3.63) is 11.6 Å². The molecule has 0 aromatic carbocycles. The van der Waals surface area contributed by atoms with Crippen molar-refractivity contribution in [2.24, 2.45) is 0 Å². The van der Waals surface area contributed by atoms with E-state index in [4.69, 9.17) is 4.74 Å². The normalized spacial score (nSPS) is 11.8. The highest BCUT2D eigenvalue weighted by molar-refractivity contribution is 5.88. The van der Waals surface area contributed by atoms with Crippen molar-refractivity contribution in [1.82, 2.24) is 10.2 Å². The van der Waals surface area contributed by atoms with Crippen LogP contribution in [-0.4, -0.2) is 49.6 Å². The number of methoxy groups -OCH3 is 1. The minimum absolute atomic E-state index is 0.00127. The second kappa shape index (κ2) is 9.55. The molecule has 0 saturated heterocycles. The summed E-state index contributed by atoms with van der Waals surface area (Å²) in [5.41, 5.74) is 0.644. The quantitative estimate of drug-likeness (QED) is 0.534. The van der Waals surface area contributed by atoms with Crippen LogP contribution < -0.4 is 5.32 Å². The zero-order valence-corrected chi connectivity index (χ0v) is 12.7. The summed E-state index contributed by atoms with van der Waals surface area (Å²) in [6.45, 7) is 9.41. The van der Waals surface area contributed by atoms with Crippen LogP contribution in [0.4, 0.5) is 0 Å². The standard InChI is InChI=1S/C14H26N2O3/c1-6-12(14(18)19-5)8-9-16(7-2)10-13(17)15-11(3)4/h8,11H,6-7,9-10H2,1-5H3,(H,15,17). The smallest absolute Gasteiger partial charge is 0.333 e. The third kappa shape index (κ3) is 7.62. The lowest BCUT2D eigenvalue weighted by Crippen LogP contribution is -2.40. The Morgan fingerprint density at radius 1 is 1.32 bits per heavy atom. The van der Waals surface area contributed by atoms with Crippen molar-refractivity contribution in [2.45, 2.75) is 40.2 Å². The van der Waals surface area contributed by atoms with E-state index in [0.29, 0.717) is 25.1 Å². The Morgan fingerprint density at radius 3 is 2.37 bits per heavy atom. The summed E-state index contributed by atoms with van der Waals surface area (Å²) in [5.74, 6) is -0.299. The van der Waals surface area contributed by atoms with E-state index in [9.17, 15) is 9.59 Å². The van der Waals surface area contributed by atoms with Gasteiger partial charge in [0.15, 0.2) is 0 Å². The fourth-order valence-electron chi connectivity index (χ4n) is 1.62. The van der Waals surface area contributed by atoms with E-state index in [1.807, 2.05) is 38.7 Å². The molecule has 0 aromatic rings. The third-order valence-electron chi connectivity index (χ3n) is 2.69. The van der Waals surface area contributed by atoms with E-state index in [1.165, 1.54) is 7.11 Å². The Balaban J connectivity index is 4.43. The predicted octanol–water partition coefficient (Wildman–Crippen LogP) is 1.34. The summed E-state index contributed by atoms with van der Waals surface area (Å²) in [6, 6.07) is 0.142. The van der Waals surface area contributed by atoms with E-state index >= 15 is 0 Å². The Kier molecular flexibility index (Phi) is 8.87. The molecule has 1 N–H and O–H groups in total. The van der Waals surface area contributed by atoms with Crippen LogP contribution in [0.1, 0.15) is 34.1 Å². The molecule has 0 bridgehead atoms. The van der Waals surface area contributed by atoms with Gasteiger partial charge in [-0.25, -0.2) is 4.79 Å². The molecule has 0 aliphatic carbocycles. The number of likely N-dealkylation sites (N-methyl/N-ethyl adjacent to an activating group) is 1. The number of nitrogens with zero attached hydrogens (tertiary/aromatic N) is 1. The van der Waals surface area contributed by atoms with Gasteiger partial charge in [-0.2, -0.15) is 0 Å². The summed E-state index contributed by atoms with van der Waals surface area (Å²) >= 11 is 0. The summed E-state index contributed by atoms with van der Waals surface area (Å²) < 4.78 is 4.70. The molecule has 0 rings (SSSR count). The second-order valence-electron chi connectivity index (χ2n) is 4.62. The maximum atomic E-state index is 11.7. The van der Waals surface area contributed by atoms with Crippen molar-refractivity contribution >= 4 is 11.9 Å². The van der Waals surface area contributed by atoms with Crippen LogP contribution in [0.25, 0.3) is 0 Å². The first kappa shape index (κ1) is 17.6. The lowest BCUT2D eigenvalue weighted by Gasteiger charge is -2.19. The molecule has 110 valence electrons. The predicted molar refractivity (Wildman–Crippen MR) is 75.8 cm³/mol. The average molecular weight is 270 g/mol. The SMILES string of the molecule is CCC(=CCN(CC)CC(=O)NC(C)C)C(=O)OC. The number of amides is 1. The van der Waals surface area contributed by atoms with E-state index in [2.05, 4.69) is 5.32 Å². The van der Waals surface area contributed by atoms with E-state index < -0.39 is 0 Å². The summed E-state index contributed by atoms with van der Waals surface area (Å²) in [6.07, 6.45) is 2.46. The maximum absolute atomic E-state index is 11.7. The molecule has 0 saturated carbocycles. The van der Waals surface area contributed by atoms with Gasteiger partial charge in [0.05, 0.1) is 13.7 Å². The molecule has 0 radical (unpaired) electrons. The Morgan fingerprint density at radius 2 is 1.95 bits per heavy atom. The highest BCUT2D eigenvalue weighted by atomic mass is 16.5. The van der Waals surface area contributed by atoms with E-state index in [-0.39, 0.29) is 17.9 Å². The molecule has 0 fully saturated rings. The first-order chi connectivity index (χ1) is 8.94. The number of hydrogen-bond donors (Lipinski definition) is 1. The molecule has 5 nitrogen and oxygen atoms in total. The monoisotopic (exact) mass is 270 g/mol. The zero-order valence-electron chi connectivity index (χ0n) is 12.7. The molecule has 1 amide bonds. The van der Waals surface area contributed by atoms with Gasteiger partial charge < -0.3 is 10.1 Å². The van der Waals surface area contributed by atoms with Gasteiger partial charge in [0.2, 0.25) is 5.91 Å². The fourth-order valence-corrected chi connectivity index (χ4v) is 1.62. The minimum Gasteiger partial charge on any atom is -0.466 e. The Labute approximate surface area is 116 Å². The molecular formula is C14H26N2O3. The number of nitrogens with one attached hydrogen (secondary N) is 1. The van der Waals surface area contributed by atoms with Crippen LogP contribution in [0.5, 0.6) is 0 Å². The topological polar surface area (TPSA) is 58.6 Å². The maximum Gasteiger partial charge on any atom is 0.333 e. The lowest BCUT2D eigenvalue weighted by atomic mass is 10.2. The van der Waals surface area contributed by atoms with Gasteiger partial charge in [-0.05, 0) is 26.8 Å². The van der Waals surface area contributed by atoms with Gasteiger partial charge in [0.1, 0.15) is 0 Å². The molecule has 19 heavy (non-hydrogen) atoms. The van der Waals surface area contributed by atoms with Gasteiger partial charge in [0.25, 0.3) is 0 Å². The number of carbonyl (C=O) groups excluding carboxylic acids is 2. The molecule has 0 atom stereocenters. The van der Waals surface area contributed by atoms with E-state index in [1.54, 1.807) is 0 Å². The minimum atomic E-state index is -0.301. The number of carbonyl (C=O) groups is 2. The number of ether oxygens (including phenoxy) is 1. The molecule has 0 unspecified atom stereocenters. The van der Waals surface area contributed by atoms with Gasteiger partial charge in [0, 0.05) is 18.2 Å². The van der Waals surface area contributed by atoms with Crippen molar-refractivity contribution in [3.8, 4) is 0 Å². The van der Waals surface area contributed by atoms with Crippen LogP contribution >= 0.6 is 0 Å². The summed E-state index contributed by atoms with van der Waals surface area (Å²) in [7, 11) is 1.37.